The van der Waals surface area contributed by atoms with Crippen LogP contribution >= 0.6 is 11.8 Å². The van der Waals surface area contributed by atoms with Crippen molar-refractivity contribution < 1.29 is 8.42 Å². The van der Waals surface area contributed by atoms with Crippen molar-refractivity contribution in [2.75, 3.05) is 25.9 Å². The van der Waals surface area contributed by atoms with Crippen molar-refractivity contribution in [1.29, 1.82) is 0 Å². The second-order valence-electron chi connectivity index (χ2n) is 5.48. The fourth-order valence-electron chi connectivity index (χ4n) is 1.53. The second-order valence-corrected chi connectivity index (χ2v) is 8.76. The Bertz CT molecular complexity index is 526. The Morgan fingerprint density at radius 2 is 2.10 bits per heavy atom. The van der Waals surface area contributed by atoms with E-state index in [2.05, 4.69) is 22.1 Å². The van der Waals surface area contributed by atoms with Crippen molar-refractivity contribution in [2.45, 2.75) is 43.4 Å². The number of rotatable bonds is 10. The number of sulfonamides is 1. The highest BCUT2D eigenvalue weighted by molar-refractivity contribution is 8.00. The molecular weight excluding hydrogens is 308 g/mol. The molecule has 0 aliphatic carbocycles. The van der Waals surface area contributed by atoms with Crippen molar-refractivity contribution in [3.8, 4) is 0 Å². The van der Waals surface area contributed by atoms with E-state index < -0.39 is 10.0 Å². The number of hydrogen-bond acceptors (Lipinski definition) is 5. The van der Waals surface area contributed by atoms with E-state index in [9.17, 15) is 8.42 Å². The zero-order chi connectivity index (χ0) is 15.9. The van der Waals surface area contributed by atoms with Crippen LogP contribution in [0.2, 0.25) is 0 Å². The molecule has 1 aromatic heterocycles. The first kappa shape index (κ1) is 18.5. The maximum atomic E-state index is 12.2. The smallest absolute Gasteiger partial charge is 0.243 e. The van der Waals surface area contributed by atoms with Crippen LogP contribution in [-0.4, -0.2) is 48.8 Å². The molecule has 0 aliphatic rings. The summed E-state index contributed by atoms with van der Waals surface area (Å²) in [6.45, 7) is 8.89. The van der Waals surface area contributed by atoms with Gasteiger partial charge in [0.15, 0.2) is 0 Å². The summed E-state index contributed by atoms with van der Waals surface area (Å²) in [7, 11) is -3.49. The lowest BCUT2D eigenvalue weighted by molar-refractivity contribution is 0.551. The predicted octanol–water partition coefficient (Wildman–Crippen LogP) is 1.30. The lowest BCUT2D eigenvalue weighted by atomic mass is 10.2. The van der Waals surface area contributed by atoms with Crippen LogP contribution in [-0.2, 0) is 16.6 Å². The summed E-state index contributed by atoms with van der Waals surface area (Å²) in [4.78, 5) is 0.217. The molecule has 8 heteroatoms. The third-order valence-electron chi connectivity index (χ3n) is 3.10. The van der Waals surface area contributed by atoms with Crippen molar-refractivity contribution in [2.24, 2.45) is 0 Å². The van der Waals surface area contributed by atoms with Gasteiger partial charge >= 0.3 is 0 Å². The highest BCUT2D eigenvalue weighted by atomic mass is 32.2. The van der Waals surface area contributed by atoms with Gasteiger partial charge in [0.2, 0.25) is 10.0 Å². The van der Waals surface area contributed by atoms with Crippen LogP contribution in [0.15, 0.2) is 17.3 Å². The molecule has 6 nitrogen and oxygen atoms in total. The lowest BCUT2D eigenvalue weighted by Crippen LogP contribution is -2.35. The molecule has 0 atom stereocenters. The Morgan fingerprint density at radius 1 is 1.38 bits per heavy atom. The summed E-state index contributed by atoms with van der Waals surface area (Å²) >= 11 is 1.63. The third-order valence-corrected chi connectivity index (χ3v) is 5.71. The van der Waals surface area contributed by atoms with Gasteiger partial charge in [0.25, 0.3) is 0 Å². The van der Waals surface area contributed by atoms with Gasteiger partial charge in [-0.25, -0.2) is 13.1 Å². The lowest BCUT2D eigenvalue weighted by Gasteiger charge is -2.21. The highest BCUT2D eigenvalue weighted by Gasteiger charge is 2.22. The highest BCUT2D eigenvalue weighted by Crippen LogP contribution is 2.20. The van der Waals surface area contributed by atoms with Crippen LogP contribution in [0.1, 0.15) is 27.2 Å². The Labute approximate surface area is 132 Å². The molecule has 2 N–H and O–H groups in total. The van der Waals surface area contributed by atoms with Crippen LogP contribution in [0, 0.1) is 0 Å². The van der Waals surface area contributed by atoms with E-state index in [4.69, 9.17) is 0 Å². The van der Waals surface area contributed by atoms with Crippen molar-refractivity contribution in [1.82, 2.24) is 19.8 Å². The number of nitrogens with one attached hydrogen (secondary N) is 2. The molecular formula is C13H26N4O2S2. The molecule has 0 fully saturated rings. The van der Waals surface area contributed by atoms with E-state index in [0.717, 1.165) is 19.5 Å². The van der Waals surface area contributed by atoms with Crippen LogP contribution in [0.4, 0.5) is 0 Å². The van der Waals surface area contributed by atoms with Gasteiger partial charge in [0.1, 0.15) is 4.90 Å². The van der Waals surface area contributed by atoms with E-state index in [1.807, 2.05) is 20.1 Å². The van der Waals surface area contributed by atoms with Gasteiger partial charge in [-0.05, 0) is 33.1 Å². The van der Waals surface area contributed by atoms with E-state index in [0.29, 0.717) is 13.1 Å². The van der Waals surface area contributed by atoms with Gasteiger partial charge in [-0.3, -0.25) is 4.68 Å². The quantitative estimate of drug-likeness (QED) is 0.631. The summed E-state index contributed by atoms with van der Waals surface area (Å²) in [5.41, 5.74) is 0. The molecule has 0 unspecified atom stereocenters. The number of hydrogen-bond donors (Lipinski definition) is 2. The summed E-state index contributed by atoms with van der Waals surface area (Å²) in [6, 6.07) is 0. The molecule has 1 heterocycles. The molecule has 0 radical (unpaired) electrons. The van der Waals surface area contributed by atoms with Crippen molar-refractivity contribution in [3.63, 3.8) is 0 Å². The minimum absolute atomic E-state index is 0.132. The maximum Gasteiger partial charge on any atom is 0.243 e. The Balaban J connectivity index is 2.58. The summed E-state index contributed by atoms with van der Waals surface area (Å²) in [5.74, 6) is 0. The molecule has 0 saturated heterocycles. The first-order valence-corrected chi connectivity index (χ1v) is 9.79. The molecule has 0 spiro atoms. The van der Waals surface area contributed by atoms with Gasteiger partial charge in [-0.15, -0.1) is 0 Å². The standard InChI is InChI=1S/C13H26N4O2S2/c1-5-6-14-7-8-17-10-12(9-15-17)21(18,19)16-11-13(2,3)20-4/h9-10,14,16H,5-8,11H2,1-4H3. The van der Waals surface area contributed by atoms with E-state index >= 15 is 0 Å². The largest absolute Gasteiger partial charge is 0.315 e. The number of nitrogens with zero attached hydrogens (tertiary/aromatic N) is 2. The normalized spacial score (nSPS) is 12.8. The van der Waals surface area contributed by atoms with Crippen molar-refractivity contribution >= 4 is 21.8 Å². The van der Waals surface area contributed by atoms with Gasteiger partial charge in [-0.1, -0.05) is 6.92 Å². The molecule has 1 aromatic rings. The van der Waals surface area contributed by atoms with Crippen LogP contribution in [0.25, 0.3) is 0 Å². The van der Waals surface area contributed by atoms with Crippen LogP contribution in [0.5, 0.6) is 0 Å². The van der Waals surface area contributed by atoms with Crippen LogP contribution in [0.3, 0.4) is 0 Å². The summed E-state index contributed by atoms with van der Waals surface area (Å²) < 4.78 is 28.5. The molecule has 1 rings (SSSR count). The molecule has 0 saturated carbocycles. The minimum Gasteiger partial charge on any atom is -0.315 e. The fraction of sp³-hybridized carbons (Fsp3) is 0.769. The zero-order valence-electron chi connectivity index (χ0n) is 13.2. The Hall–Kier alpha value is -0.570. The average molecular weight is 335 g/mol. The maximum absolute atomic E-state index is 12.2. The van der Waals surface area contributed by atoms with Gasteiger partial charge in [0.05, 0.1) is 12.7 Å². The first-order chi connectivity index (χ1) is 9.80. The topological polar surface area (TPSA) is 76.0 Å². The monoisotopic (exact) mass is 334 g/mol. The fourth-order valence-corrected chi connectivity index (χ4v) is 3.00. The zero-order valence-corrected chi connectivity index (χ0v) is 14.9. The van der Waals surface area contributed by atoms with E-state index in [-0.39, 0.29) is 9.64 Å². The summed E-state index contributed by atoms with van der Waals surface area (Å²) in [6.07, 6.45) is 6.01. The predicted molar refractivity (Wildman–Crippen MR) is 88.2 cm³/mol. The molecule has 21 heavy (non-hydrogen) atoms. The van der Waals surface area contributed by atoms with Crippen molar-refractivity contribution in [3.05, 3.63) is 12.4 Å². The number of aromatic nitrogens is 2. The van der Waals surface area contributed by atoms with Gasteiger partial charge in [0, 0.05) is 24.0 Å². The molecule has 122 valence electrons. The average Bonchev–Trinajstić information content (AvgIpc) is 2.91. The van der Waals surface area contributed by atoms with E-state index in [1.54, 1.807) is 22.6 Å². The first-order valence-electron chi connectivity index (χ1n) is 7.09. The van der Waals surface area contributed by atoms with Crippen LogP contribution < -0.4 is 10.0 Å². The Kier molecular flexibility index (Phi) is 7.19. The second kappa shape index (κ2) is 8.17. The third kappa shape index (κ3) is 6.37. The SMILES string of the molecule is CCCNCCn1cc(S(=O)(=O)NCC(C)(C)SC)cn1. The molecule has 0 aromatic carbocycles. The Morgan fingerprint density at radius 3 is 2.71 bits per heavy atom. The molecule has 0 amide bonds. The number of thioether (sulfide) groups is 1. The van der Waals surface area contributed by atoms with E-state index in [1.165, 1.54) is 6.20 Å². The van der Waals surface area contributed by atoms with Gasteiger partial charge < -0.3 is 5.32 Å². The summed E-state index contributed by atoms with van der Waals surface area (Å²) in [5, 5.41) is 7.35. The molecule has 0 bridgehead atoms. The molecule has 0 aliphatic heterocycles. The van der Waals surface area contributed by atoms with Gasteiger partial charge in [-0.2, -0.15) is 16.9 Å². The minimum atomic E-state index is -3.49.